The molecule has 1 aliphatic carbocycles. The lowest BCUT2D eigenvalue weighted by Crippen LogP contribution is -1.91. The van der Waals surface area contributed by atoms with Gasteiger partial charge in [-0.05, 0) is 203 Å². The topological polar surface area (TPSA) is 0 Å². The fourth-order valence-electron chi connectivity index (χ4n) is 12.9. The van der Waals surface area contributed by atoms with Crippen LogP contribution < -0.4 is 0 Å². The Labute approximate surface area is 431 Å². The first kappa shape index (κ1) is 43.7. The van der Waals surface area contributed by atoms with Crippen LogP contribution in [0.3, 0.4) is 0 Å². The molecule has 0 atom stereocenters. The van der Waals surface area contributed by atoms with Crippen molar-refractivity contribution >= 4 is 114 Å². The minimum absolute atomic E-state index is 1.09. The molecule has 0 N–H and O–H groups in total. The molecule has 0 saturated carbocycles. The van der Waals surface area contributed by atoms with Gasteiger partial charge in [0.2, 0.25) is 0 Å². The van der Waals surface area contributed by atoms with Crippen LogP contribution in [0.1, 0.15) is 30.0 Å². The van der Waals surface area contributed by atoms with E-state index in [0.29, 0.717) is 0 Å². The second-order valence-electron chi connectivity index (χ2n) is 20.1. The first-order valence-corrected chi connectivity index (χ1v) is 26.1. The first-order valence-electron chi connectivity index (χ1n) is 26.1. The Morgan fingerprint density at radius 3 is 1.62 bits per heavy atom. The maximum Gasteiger partial charge on any atom is -0.000697 e. The molecule has 0 spiro atoms. The highest BCUT2D eigenvalue weighted by molar-refractivity contribution is 6.45. The molecule has 15 aromatic carbocycles. The van der Waals surface area contributed by atoms with Gasteiger partial charge in [-0.15, -0.1) is 6.58 Å². The maximum absolute atomic E-state index is 3.36. The molecule has 348 valence electrons. The van der Waals surface area contributed by atoms with Crippen molar-refractivity contribution in [2.45, 2.75) is 26.7 Å². The molecule has 0 saturated heterocycles. The van der Waals surface area contributed by atoms with Crippen molar-refractivity contribution in [3.63, 3.8) is 0 Å². The summed E-state index contributed by atoms with van der Waals surface area (Å²) in [4.78, 5) is 0. The average molecular weight is 941 g/mol. The SMILES string of the molecule is C1=Cc2c(c3cccc4c5c(-c6ccccc6)c6c7cc8ccc9cc(-c%10cc%11ccccc%11c%11ccccc%10%11)ccc9c8c8cccc(c6c(-c6ccccc6)c5cc2c34)c78)CC1.C=CC.Cc1ccccc1. The van der Waals surface area contributed by atoms with Gasteiger partial charge in [0.25, 0.3) is 0 Å². The van der Waals surface area contributed by atoms with E-state index in [0.717, 1.165) is 12.8 Å². The van der Waals surface area contributed by atoms with Crippen molar-refractivity contribution in [1.82, 2.24) is 0 Å². The summed E-state index contributed by atoms with van der Waals surface area (Å²) in [6, 6.07) is 83.9. The molecule has 0 aromatic heterocycles. The molecule has 0 bridgehead atoms. The summed E-state index contributed by atoms with van der Waals surface area (Å²) in [5.74, 6) is 0. The predicted octanol–water partition coefficient (Wildman–Crippen LogP) is 21.2. The normalized spacial score (nSPS) is 12.4. The van der Waals surface area contributed by atoms with Gasteiger partial charge in [-0.1, -0.05) is 224 Å². The van der Waals surface area contributed by atoms with Crippen LogP contribution in [0.4, 0.5) is 0 Å². The Balaban J connectivity index is 0.000000460. The Morgan fingerprint density at radius 1 is 0.351 bits per heavy atom. The van der Waals surface area contributed by atoms with Crippen molar-refractivity contribution < 1.29 is 0 Å². The Kier molecular flexibility index (Phi) is 10.4. The number of benzene rings is 13. The van der Waals surface area contributed by atoms with Gasteiger partial charge in [0.1, 0.15) is 0 Å². The molecule has 16 rings (SSSR count). The van der Waals surface area contributed by atoms with Crippen molar-refractivity contribution in [2.24, 2.45) is 0 Å². The van der Waals surface area contributed by atoms with Gasteiger partial charge in [0, 0.05) is 0 Å². The van der Waals surface area contributed by atoms with Crippen molar-refractivity contribution in [1.29, 1.82) is 0 Å². The van der Waals surface area contributed by atoms with E-state index in [2.05, 4.69) is 232 Å². The zero-order valence-corrected chi connectivity index (χ0v) is 41.7. The third kappa shape index (κ3) is 6.68. The van der Waals surface area contributed by atoms with Gasteiger partial charge in [-0.3, -0.25) is 0 Å². The van der Waals surface area contributed by atoms with Gasteiger partial charge in [0.15, 0.2) is 0 Å². The quantitative estimate of drug-likeness (QED) is 0.122. The summed E-state index contributed by atoms with van der Waals surface area (Å²) in [6.45, 7) is 7.33. The van der Waals surface area contributed by atoms with Gasteiger partial charge in [-0.2, -0.15) is 0 Å². The van der Waals surface area contributed by atoms with E-state index < -0.39 is 0 Å². The molecule has 1 aliphatic rings. The van der Waals surface area contributed by atoms with E-state index in [4.69, 9.17) is 0 Å². The van der Waals surface area contributed by atoms with Crippen molar-refractivity contribution in [3.8, 4) is 33.4 Å². The molecule has 0 fully saturated rings. The minimum Gasteiger partial charge on any atom is -0.103 e. The van der Waals surface area contributed by atoms with Gasteiger partial charge >= 0.3 is 0 Å². The highest BCUT2D eigenvalue weighted by atomic mass is 14.3. The first-order chi connectivity index (χ1) is 36.6. The van der Waals surface area contributed by atoms with Crippen LogP contribution in [0.25, 0.3) is 147 Å². The van der Waals surface area contributed by atoms with Crippen LogP contribution in [0.2, 0.25) is 0 Å². The summed E-state index contributed by atoms with van der Waals surface area (Å²) in [5.41, 5.74) is 11.9. The summed E-state index contributed by atoms with van der Waals surface area (Å²) < 4.78 is 0. The molecular formula is C74H52. The third-order valence-corrected chi connectivity index (χ3v) is 15.9. The third-order valence-electron chi connectivity index (χ3n) is 15.9. The second-order valence-corrected chi connectivity index (χ2v) is 20.1. The Morgan fingerprint density at radius 2 is 0.905 bits per heavy atom. The van der Waals surface area contributed by atoms with E-state index in [9.17, 15) is 0 Å². The molecule has 74 heavy (non-hydrogen) atoms. The fraction of sp³-hybridized carbons (Fsp3) is 0.0541. The van der Waals surface area contributed by atoms with Crippen LogP contribution in [0.15, 0.2) is 243 Å². The van der Waals surface area contributed by atoms with Crippen LogP contribution in [-0.2, 0) is 6.42 Å². The van der Waals surface area contributed by atoms with Crippen molar-refractivity contribution in [3.05, 3.63) is 260 Å². The number of fused-ring (bicyclic) bond motifs is 15. The monoisotopic (exact) mass is 940 g/mol. The van der Waals surface area contributed by atoms with Crippen LogP contribution in [0.5, 0.6) is 0 Å². The number of allylic oxidation sites excluding steroid dienone is 2. The molecule has 0 unspecified atom stereocenters. The molecule has 0 heteroatoms. The summed E-state index contributed by atoms with van der Waals surface area (Å²) in [6.07, 6.45) is 8.69. The molecule has 0 amide bonds. The van der Waals surface area contributed by atoms with Gasteiger partial charge in [-0.25, -0.2) is 0 Å². The molecule has 0 aliphatic heterocycles. The standard InChI is InChI=1S/C64H38.C7H8.C3H6/c1-3-15-37(16-4-1)58-56-36-54-48-24-12-10-22-46(48)49-25-13-27-51(60(49)54)62(56)59(38-17-5-2-6-18-38)64-55-35-42-30-29-40-33-41(31-32-44(40)57(42)50-26-14-28-52(61(50)55)63(58)64)53-34-39-19-7-8-20-43(39)45-21-9-11-23-47(45)53;1-7-5-3-2-4-6-7;1-3-2/h1-9,11-21,23-36H,10,22H2;2-6H,1H3;3H,1H2,2H3. The zero-order valence-electron chi connectivity index (χ0n) is 41.7. The number of rotatable bonds is 3. The lowest BCUT2D eigenvalue weighted by atomic mass is 9.83. The van der Waals surface area contributed by atoms with Gasteiger partial charge in [0.05, 0.1) is 0 Å². The summed E-state index contributed by atoms with van der Waals surface area (Å²) >= 11 is 0. The highest BCUT2D eigenvalue weighted by Gasteiger charge is 2.28. The predicted molar refractivity (Wildman–Crippen MR) is 325 cm³/mol. The van der Waals surface area contributed by atoms with Crippen LogP contribution >= 0.6 is 0 Å². The molecule has 0 radical (unpaired) electrons. The van der Waals surface area contributed by atoms with E-state index in [-0.39, 0.29) is 0 Å². The molecule has 15 aromatic rings. The number of hydrogen-bond donors (Lipinski definition) is 0. The van der Waals surface area contributed by atoms with E-state index in [1.807, 2.05) is 25.1 Å². The zero-order chi connectivity index (χ0) is 49.4. The van der Waals surface area contributed by atoms with Crippen LogP contribution in [-0.4, -0.2) is 0 Å². The average Bonchev–Trinajstić information content (AvgIpc) is 3.96. The Hall–Kier alpha value is -9.10. The molecular weight excluding hydrogens is 889 g/mol. The fourth-order valence-corrected chi connectivity index (χ4v) is 12.9. The smallest absolute Gasteiger partial charge is 0.000697 e. The highest BCUT2D eigenvalue weighted by Crippen LogP contribution is 2.56. The second kappa shape index (κ2) is 17.6. The molecule has 0 nitrogen and oxygen atoms in total. The summed E-state index contributed by atoms with van der Waals surface area (Å²) in [7, 11) is 0. The minimum atomic E-state index is 1.09. The van der Waals surface area contributed by atoms with E-state index >= 15 is 0 Å². The summed E-state index contributed by atoms with van der Waals surface area (Å²) in [5, 5.41) is 26.5. The molecule has 0 heterocycles. The number of hydrogen-bond acceptors (Lipinski definition) is 0. The lowest BCUT2D eigenvalue weighted by Gasteiger charge is -2.19. The van der Waals surface area contributed by atoms with E-state index in [1.54, 1.807) is 6.08 Å². The van der Waals surface area contributed by atoms with Crippen LogP contribution in [0, 0.1) is 6.92 Å². The Bertz CT molecular complexity index is 4710. The largest absolute Gasteiger partial charge is 0.103 e. The van der Waals surface area contributed by atoms with Gasteiger partial charge < -0.3 is 0 Å². The van der Waals surface area contributed by atoms with E-state index in [1.165, 1.54) is 158 Å². The lowest BCUT2D eigenvalue weighted by molar-refractivity contribution is 1.00. The number of aryl methyl sites for hydroxylation is 2. The van der Waals surface area contributed by atoms with Crippen molar-refractivity contribution in [2.75, 3.05) is 0 Å². The maximum atomic E-state index is 3.36.